The number of nitrogens with zero attached hydrogens (tertiary/aromatic N) is 2. The summed E-state index contributed by atoms with van der Waals surface area (Å²) < 4.78 is 13.4. The summed E-state index contributed by atoms with van der Waals surface area (Å²) in [6.45, 7) is 4.60. The van der Waals surface area contributed by atoms with Crippen molar-refractivity contribution in [3.05, 3.63) is 199 Å². The molecule has 0 aliphatic carbocycles. The molecule has 5 heteroatoms. The molecule has 0 N–H and O–H groups in total. The van der Waals surface area contributed by atoms with Gasteiger partial charge in [-0.15, -0.1) is 0 Å². The Morgan fingerprint density at radius 2 is 1.05 bits per heavy atom. The first-order valence-corrected chi connectivity index (χ1v) is 19.3. The lowest BCUT2D eigenvalue weighted by Crippen LogP contribution is -2.59. The molecule has 11 rings (SSSR count). The maximum Gasteiger partial charge on any atom is 0.256 e. The van der Waals surface area contributed by atoms with E-state index in [0.29, 0.717) is 0 Å². The molecular formula is C51H37BN2O2. The maximum absolute atomic E-state index is 6.95. The Hall–Kier alpha value is -6.98. The molecule has 3 aliphatic heterocycles. The Bertz CT molecular complexity index is 2800. The summed E-state index contributed by atoms with van der Waals surface area (Å²) in [5, 5.41) is 0. The number of ether oxygens (including phenoxy) is 2. The molecule has 266 valence electrons. The van der Waals surface area contributed by atoms with Gasteiger partial charge in [0.2, 0.25) is 0 Å². The zero-order valence-corrected chi connectivity index (χ0v) is 31.2. The number of para-hydroxylation sites is 3. The largest absolute Gasteiger partial charge is 0.458 e. The van der Waals surface area contributed by atoms with Gasteiger partial charge in [-0.2, -0.15) is 0 Å². The molecule has 8 aromatic rings. The molecular weight excluding hydrogens is 683 g/mol. The molecule has 0 atom stereocenters. The molecule has 0 aromatic heterocycles. The van der Waals surface area contributed by atoms with E-state index < -0.39 is 0 Å². The molecule has 0 fully saturated rings. The fourth-order valence-electron chi connectivity index (χ4n) is 9.06. The number of fused-ring (bicyclic) bond motifs is 6. The van der Waals surface area contributed by atoms with E-state index in [1.54, 1.807) is 0 Å². The molecule has 0 bridgehead atoms. The fraction of sp³-hybridized carbons (Fsp3) is 0.0588. The Labute approximate surface area is 327 Å². The molecule has 0 saturated carbocycles. The highest BCUT2D eigenvalue weighted by Crippen LogP contribution is 2.50. The second-order valence-corrected chi connectivity index (χ2v) is 15.3. The fourth-order valence-corrected chi connectivity index (χ4v) is 9.06. The van der Waals surface area contributed by atoms with Crippen LogP contribution in [0.5, 0.6) is 23.0 Å². The molecule has 0 spiro atoms. The van der Waals surface area contributed by atoms with E-state index in [4.69, 9.17) is 9.47 Å². The Morgan fingerprint density at radius 1 is 0.446 bits per heavy atom. The van der Waals surface area contributed by atoms with E-state index in [9.17, 15) is 0 Å². The van der Waals surface area contributed by atoms with Crippen molar-refractivity contribution in [1.29, 1.82) is 0 Å². The lowest BCUT2D eigenvalue weighted by molar-refractivity contribution is 0.418. The molecule has 0 saturated heterocycles. The topological polar surface area (TPSA) is 24.9 Å². The third-order valence-electron chi connectivity index (χ3n) is 11.8. The molecule has 56 heavy (non-hydrogen) atoms. The van der Waals surface area contributed by atoms with Gasteiger partial charge in [-0.1, -0.05) is 123 Å². The highest BCUT2D eigenvalue weighted by molar-refractivity contribution is 6.99. The van der Waals surface area contributed by atoms with Crippen LogP contribution in [0.1, 0.15) is 25.0 Å². The SMILES string of the molecule is CC1(C)c2ccccc2Oc2ccc(N(c3ccc(-c4ccccc4)cc3)c3ccc4c(c3)Oc3cccc5c3B4c3ccccc3N5c3ccccc3)cc21. The Kier molecular flexibility index (Phi) is 7.27. The van der Waals surface area contributed by atoms with Crippen molar-refractivity contribution in [2.24, 2.45) is 0 Å². The summed E-state index contributed by atoms with van der Waals surface area (Å²) in [6, 6.07) is 67.0. The van der Waals surface area contributed by atoms with Gasteiger partial charge < -0.3 is 19.3 Å². The van der Waals surface area contributed by atoms with Crippen molar-refractivity contribution in [3.8, 4) is 34.1 Å². The Morgan fingerprint density at radius 3 is 1.89 bits per heavy atom. The summed E-state index contributed by atoms with van der Waals surface area (Å²) in [4.78, 5) is 4.71. The summed E-state index contributed by atoms with van der Waals surface area (Å²) in [5.74, 6) is 3.55. The van der Waals surface area contributed by atoms with Crippen LogP contribution in [-0.2, 0) is 5.41 Å². The smallest absolute Gasteiger partial charge is 0.256 e. The highest BCUT2D eigenvalue weighted by atomic mass is 16.5. The summed E-state index contributed by atoms with van der Waals surface area (Å²) in [7, 11) is 0. The van der Waals surface area contributed by atoms with Crippen LogP contribution in [0.2, 0.25) is 0 Å². The standard InChI is InChI=1S/C51H37BN2O2/c1-51(2)40-18-9-12-22-46(40)55-47-31-29-38(32-41(47)51)53(37-26-24-35(25-27-37)34-14-5-3-6-15-34)39-28-30-43-49(33-39)56-48-23-13-21-45-50(48)52(43)42-19-10-11-20-44(42)54(45)36-16-7-4-8-17-36/h3-33H,1-2H3. The molecule has 0 radical (unpaired) electrons. The third-order valence-corrected chi connectivity index (χ3v) is 11.8. The molecule has 0 amide bonds. The van der Waals surface area contributed by atoms with Crippen molar-refractivity contribution >= 4 is 57.2 Å². The minimum absolute atomic E-state index is 0.0236. The Balaban J connectivity index is 1.06. The van der Waals surface area contributed by atoms with Crippen LogP contribution < -0.4 is 35.7 Å². The minimum atomic E-state index is -0.259. The van der Waals surface area contributed by atoms with Gasteiger partial charge in [0, 0.05) is 56.7 Å². The van der Waals surface area contributed by atoms with Gasteiger partial charge in [0.1, 0.15) is 23.0 Å². The maximum atomic E-state index is 6.95. The molecule has 3 aliphatic rings. The van der Waals surface area contributed by atoms with Crippen molar-refractivity contribution in [2.45, 2.75) is 19.3 Å². The van der Waals surface area contributed by atoms with Gasteiger partial charge in [0.05, 0.1) is 0 Å². The van der Waals surface area contributed by atoms with Gasteiger partial charge in [-0.05, 0) is 100 Å². The van der Waals surface area contributed by atoms with Crippen LogP contribution >= 0.6 is 0 Å². The van der Waals surface area contributed by atoms with Gasteiger partial charge >= 0.3 is 0 Å². The molecule has 4 nitrogen and oxygen atoms in total. The number of hydrogen-bond donors (Lipinski definition) is 0. The number of benzene rings is 8. The van der Waals surface area contributed by atoms with Crippen LogP contribution in [-0.4, -0.2) is 6.71 Å². The first-order chi connectivity index (χ1) is 27.5. The lowest BCUT2D eigenvalue weighted by atomic mass is 9.34. The predicted molar refractivity (Wildman–Crippen MR) is 231 cm³/mol. The summed E-state index contributed by atoms with van der Waals surface area (Å²) in [6.07, 6.45) is 0. The third kappa shape index (κ3) is 5.01. The van der Waals surface area contributed by atoms with Crippen molar-refractivity contribution < 1.29 is 9.47 Å². The van der Waals surface area contributed by atoms with Gasteiger partial charge in [-0.25, -0.2) is 0 Å². The average molecular weight is 721 g/mol. The van der Waals surface area contributed by atoms with E-state index in [0.717, 1.165) is 62.5 Å². The lowest BCUT2D eigenvalue weighted by Gasteiger charge is -2.40. The average Bonchev–Trinajstić information content (AvgIpc) is 3.25. The number of rotatable bonds is 5. The van der Waals surface area contributed by atoms with E-state index >= 15 is 0 Å². The van der Waals surface area contributed by atoms with Crippen LogP contribution in [0.4, 0.5) is 34.1 Å². The van der Waals surface area contributed by atoms with Crippen LogP contribution in [0.3, 0.4) is 0 Å². The first kappa shape index (κ1) is 32.5. The molecule has 8 aromatic carbocycles. The monoisotopic (exact) mass is 720 g/mol. The van der Waals surface area contributed by atoms with E-state index in [1.807, 2.05) is 6.07 Å². The minimum Gasteiger partial charge on any atom is -0.458 e. The summed E-state index contributed by atoms with van der Waals surface area (Å²) in [5.41, 5.74) is 14.6. The van der Waals surface area contributed by atoms with Crippen molar-refractivity contribution in [2.75, 3.05) is 9.80 Å². The van der Waals surface area contributed by atoms with Crippen LogP contribution in [0, 0.1) is 0 Å². The molecule has 0 unspecified atom stereocenters. The summed E-state index contributed by atoms with van der Waals surface area (Å²) >= 11 is 0. The normalized spacial score (nSPS) is 13.9. The second kappa shape index (κ2) is 12.5. The van der Waals surface area contributed by atoms with E-state index in [2.05, 4.69) is 206 Å². The van der Waals surface area contributed by atoms with Crippen LogP contribution in [0.25, 0.3) is 11.1 Å². The van der Waals surface area contributed by atoms with Gasteiger partial charge in [0.25, 0.3) is 6.71 Å². The van der Waals surface area contributed by atoms with E-state index in [-0.39, 0.29) is 12.1 Å². The zero-order chi connectivity index (χ0) is 37.4. The zero-order valence-electron chi connectivity index (χ0n) is 31.2. The second-order valence-electron chi connectivity index (χ2n) is 15.3. The van der Waals surface area contributed by atoms with E-state index in [1.165, 1.54) is 33.3 Å². The number of hydrogen-bond acceptors (Lipinski definition) is 4. The number of anilines is 6. The van der Waals surface area contributed by atoms with Gasteiger partial charge in [0.15, 0.2) is 0 Å². The van der Waals surface area contributed by atoms with Crippen molar-refractivity contribution in [3.63, 3.8) is 0 Å². The highest BCUT2D eigenvalue weighted by Gasteiger charge is 2.42. The quantitative estimate of drug-likeness (QED) is 0.165. The van der Waals surface area contributed by atoms with Crippen LogP contribution in [0.15, 0.2) is 188 Å². The first-order valence-electron chi connectivity index (χ1n) is 19.3. The molecule has 3 heterocycles. The van der Waals surface area contributed by atoms with Gasteiger partial charge in [-0.3, -0.25) is 0 Å². The predicted octanol–water partition coefficient (Wildman–Crippen LogP) is 11.7. The van der Waals surface area contributed by atoms with Crippen molar-refractivity contribution in [1.82, 2.24) is 0 Å².